The van der Waals surface area contributed by atoms with E-state index in [-0.39, 0.29) is 0 Å². The molecule has 0 saturated heterocycles. The summed E-state index contributed by atoms with van der Waals surface area (Å²) < 4.78 is 0. The lowest BCUT2D eigenvalue weighted by Crippen LogP contribution is -2.39. The Hall–Kier alpha value is -0.120. The predicted octanol–water partition coefficient (Wildman–Crippen LogP) is 1.11. The van der Waals surface area contributed by atoms with E-state index >= 15 is 0 Å². The normalized spacial score (nSPS) is 16.0. The highest BCUT2D eigenvalue weighted by Gasteiger charge is 2.15. The molecule has 0 heterocycles. The van der Waals surface area contributed by atoms with E-state index in [0.29, 0.717) is 12.0 Å². The molecular weight excluding hydrogens is 186 g/mol. The Morgan fingerprint density at radius 2 is 1.67 bits per heavy atom. The van der Waals surface area contributed by atoms with E-state index in [1.54, 1.807) is 0 Å². The van der Waals surface area contributed by atoms with Gasteiger partial charge < -0.3 is 15.1 Å². The monoisotopic (exact) mass is 215 g/mol. The lowest BCUT2D eigenvalue weighted by molar-refractivity contribution is 0.189. The van der Waals surface area contributed by atoms with Gasteiger partial charge in [-0.2, -0.15) is 0 Å². The van der Waals surface area contributed by atoms with Crippen molar-refractivity contribution >= 4 is 0 Å². The topological polar surface area (TPSA) is 18.5 Å². The Morgan fingerprint density at radius 3 is 2.13 bits per heavy atom. The van der Waals surface area contributed by atoms with Crippen LogP contribution in [0.2, 0.25) is 0 Å². The van der Waals surface area contributed by atoms with Gasteiger partial charge in [-0.05, 0) is 67.1 Å². The Kier molecular flexibility index (Phi) is 8.02. The van der Waals surface area contributed by atoms with Gasteiger partial charge in [-0.15, -0.1) is 0 Å². The molecule has 0 bridgehead atoms. The highest BCUT2D eigenvalue weighted by molar-refractivity contribution is 4.71. The van der Waals surface area contributed by atoms with Gasteiger partial charge in [-0.25, -0.2) is 0 Å². The summed E-state index contributed by atoms with van der Waals surface area (Å²) in [5, 5.41) is 3.24. The van der Waals surface area contributed by atoms with Crippen molar-refractivity contribution < 1.29 is 0 Å². The molecule has 15 heavy (non-hydrogen) atoms. The van der Waals surface area contributed by atoms with E-state index in [9.17, 15) is 0 Å². The lowest BCUT2D eigenvalue weighted by atomic mass is 10.0. The molecule has 0 aromatic carbocycles. The lowest BCUT2D eigenvalue weighted by Gasteiger charge is -2.30. The van der Waals surface area contributed by atoms with E-state index in [1.807, 2.05) is 7.05 Å². The van der Waals surface area contributed by atoms with E-state index in [2.05, 4.69) is 50.1 Å². The Morgan fingerprint density at radius 1 is 1.07 bits per heavy atom. The molecule has 0 aliphatic heterocycles. The number of nitrogens with one attached hydrogen (secondary N) is 1. The van der Waals surface area contributed by atoms with E-state index < -0.39 is 0 Å². The van der Waals surface area contributed by atoms with Gasteiger partial charge in [-0.3, -0.25) is 0 Å². The van der Waals surface area contributed by atoms with Crippen molar-refractivity contribution in [2.75, 3.05) is 47.8 Å². The van der Waals surface area contributed by atoms with Crippen molar-refractivity contribution in [1.29, 1.82) is 0 Å². The zero-order valence-electron chi connectivity index (χ0n) is 11.4. The maximum Gasteiger partial charge on any atom is 0.0102 e. The molecule has 2 unspecified atom stereocenters. The third-order valence-electron chi connectivity index (χ3n) is 3.16. The third kappa shape index (κ3) is 6.88. The molecule has 0 aliphatic rings. The third-order valence-corrected chi connectivity index (χ3v) is 3.16. The standard InChI is InChI=1S/C12H29N3/c1-11(10-13-3)12(2)15(6)9-7-8-14(4)5/h11-13H,7-10H2,1-6H3. The molecule has 0 aromatic rings. The first-order chi connectivity index (χ1) is 6.99. The first-order valence-electron chi connectivity index (χ1n) is 5.98. The first-order valence-corrected chi connectivity index (χ1v) is 5.98. The molecule has 0 aromatic heterocycles. The Bertz CT molecular complexity index is 148. The van der Waals surface area contributed by atoms with Crippen LogP contribution in [-0.2, 0) is 0 Å². The van der Waals surface area contributed by atoms with Crippen molar-refractivity contribution in [3.8, 4) is 0 Å². The molecule has 3 nitrogen and oxygen atoms in total. The highest BCUT2D eigenvalue weighted by Crippen LogP contribution is 2.08. The van der Waals surface area contributed by atoms with Crippen LogP contribution in [0.1, 0.15) is 20.3 Å². The average Bonchev–Trinajstić information content (AvgIpc) is 2.16. The minimum absolute atomic E-state index is 0.652. The van der Waals surface area contributed by atoms with Crippen molar-refractivity contribution in [2.24, 2.45) is 5.92 Å². The smallest absolute Gasteiger partial charge is 0.0102 e. The van der Waals surface area contributed by atoms with E-state index in [4.69, 9.17) is 0 Å². The fourth-order valence-corrected chi connectivity index (χ4v) is 1.77. The minimum atomic E-state index is 0.652. The summed E-state index contributed by atoms with van der Waals surface area (Å²) in [6, 6.07) is 0.652. The van der Waals surface area contributed by atoms with Crippen LogP contribution >= 0.6 is 0 Å². The molecule has 0 fully saturated rings. The van der Waals surface area contributed by atoms with Gasteiger partial charge in [0.05, 0.1) is 0 Å². The number of hydrogen-bond donors (Lipinski definition) is 1. The number of hydrogen-bond acceptors (Lipinski definition) is 3. The quantitative estimate of drug-likeness (QED) is 0.654. The summed E-state index contributed by atoms with van der Waals surface area (Å²) in [5.41, 5.74) is 0. The number of rotatable bonds is 8. The van der Waals surface area contributed by atoms with Gasteiger partial charge in [0.2, 0.25) is 0 Å². The molecule has 0 radical (unpaired) electrons. The second-order valence-corrected chi connectivity index (χ2v) is 4.91. The van der Waals surface area contributed by atoms with Crippen molar-refractivity contribution in [2.45, 2.75) is 26.3 Å². The molecular formula is C12H29N3. The van der Waals surface area contributed by atoms with Crippen LogP contribution in [-0.4, -0.2) is 63.7 Å². The Labute approximate surface area is 95.8 Å². The van der Waals surface area contributed by atoms with Gasteiger partial charge in [0.1, 0.15) is 0 Å². The zero-order valence-corrected chi connectivity index (χ0v) is 11.4. The van der Waals surface area contributed by atoms with E-state index in [0.717, 1.165) is 6.54 Å². The molecule has 0 amide bonds. The molecule has 3 heteroatoms. The molecule has 0 aliphatic carbocycles. The van der Waals surface area contributed by atoms with Crippen LogP contribution in [0, 0.1) is 5.92 Å². The van der Waals surface area contributed by atoms with E-state index in [1.165, 1.54) is 19.5 Å². The van der Waals surface area contributed by atoms with Gasteiger partial charge in [-0.1, -0.05) is 6.92 Å². The Balaban J connectivity index is 3.72. The van der Waals surface area contributed by atoms with Crippen LogP contribution < -0.4 is 5.32 Å². The van der Waals surface area contributed by atoms with Crippen LogP contribution in [0.4, 0.5) is 0 Å². The molecule has 1 N–H and O–H groups in total. The average molecular weight is 215 g/mol. The molecule has 0 rings (SSSR count). The predicted molar refractivity (Wildman–Crippen MR) is 68.4 cm³/mol. The summed E-state index contributed by atoms with van der Waals surface area (Å²) in [6.07, 6.45) is 1.25. The summed E-state index contributed by atoms with van der Waals surface area (Å²) in [6.45, 7) is 8.09. The SMILES string of the molecule is CNCC(C)C(C)N(C)CCCN(C)C. The van der Waals surface area contributed by atoms with Gasteiger partial charge >= 0.3 is 0 Å². The van der Waals surface area contributed by atoms with Crippen molar-refractivity contribution in [1.82, 2.24) is 15.1 Å². The highest BCUT2D eigenvalue weighted by atomic mass is 15.1. The van der Waals surface area contributed by atoms with Gasteiger partial charge in [0, 0.05) is 6.04 Å². The number of nitrogens with zero attached hydrogens (tertiary/aromatic N) is 2. The fourth-order valence-electron chi connectivity index (χ4n) is 1.77. The second-order valence-electron chi connectivity index (χ2n) is 4.91. The fraction of sp³-hybridized carbons (Fsp3) is 1.00. The van der Waals surface area contributed by atoms with Gasteiger partial charge in [0.15, 0.2) is 0 Å². The van der Waals surface area contributed by atoms with Crippen LogP contribution in [0.5, 0.6) is 0 Å². The molecule has 0 saturated carbocycles. The maximum atomic E-state index is 3.24. The van der Waals surface area contributed by atoms with Crippen molar-refractivity contribution in [3.05, 3.63) is 0 Å². The van der Waals surface area contributed by atoms with Gasteiger partial charge in [0.25, 0.3) is 0 Å². The van der Waals surface area contributed by atoms with Crippen LogP contribution in [0.3, 0.4) is 0 Å². The largest absolute Gasteiger partial charge is 0.319 e. The van der Waals surface area contributed by atoms with Crippen molar-refractivity contribution in [3.63, 3.8) is 0 Å². The summed E-state index contributed by atoms with van der Waals surface area (Å²) in [5.74, 6) is 0.708. The summed E-state index contributed by atoms with van der Waals surface area (Å²) in [4.78, 5) is 4.71. The second kappa shape index (κ2) is 8.08. The molecule has 0 spiro atoms. The maximum absolute atomic E-state index is 3.24. The van der Waals surface area contributed by atoms with Crippen LogP contribution in [0.15, 0.2) is 0 Å². The molecule has 2 atom stereocenters. The van der Waals surface area contributed by atoms with Crippen LogP contribution in [0.25, 0.3) is 0 Å². The minimum Gasteiger partial charge on any atom is -0.319 e. The molecule has 92 valence electrons. The first kappa shape index (κ1) is 14.9. The zero-order chi connectivity index (χ0) is 11.8. The summed E-state index contributed by atoms with van der Waals surface area (Å²) >= 11 is 0. The summed E-state index contributed by atoms with van der Waals surface area (Å²) in [7, 11) is 8.52.